The molecule has 3 aromatic heterocycles. The van der Waals surface area contributed by atoms with Crippen LogP contribution in [0.2, 0.25) is 0 Å². The molecule has 0 aliphatic carbocycles. The lowest BCUT2D eigenvalue weighted by molar-refractivity contribution is 0.0688. The van der Waals surface area contributed by atoms with Crippen LogP contribution in [-0.4, -0.2) is 25.4 Å². The number of nitrogens with zero attached hydrogens (tertiary/aromatic N) is 3. The van der Waals surface area contributed by atoms with Crippen LogP contribution in [0.25, 0.3) is 5.65 Å². The first-order chi connectivity index (χ1) is 11.0. The summed E-state index contributed by atoms with van der Waals surface area (Å²) in [5, 5.41) is 9.32. The molecule has 126 valence electrons. The van der Waals surface area contributed by atoms with E-state index in [4.69, 9.17) is 4.74 Å². The highest BCUT2D eigenvalue weighted by Crippen LogP contribution is 2.25. The Bertz CT molecular complexity index is 911. The van der Waals surface area contributed by atoms with E-state index in [1.807, 2.05) is 6.92 Å². The smallest absolute Gasteiger partial charge is 0.354 e. The summed E-state index contributed by atoms with van der Waals surface area (Å²) in [7, 11) is 0. The third-order valence-electron chi connectivity index (χ3n) is 3.40. The largest absolute Gasteiger partial charge is 0.483 e. The lowest BCUT2D eigenvalue weighted by Gasteiger charge is -2.09. The number of aromatic carboxylic acids is 1. The molecular weight excluding hydrogens is 337 g/mol. The zero-order valence-corrected chi connectivity index (χ0v) is 13.8. The van der Waals surface area contributed by atoms with Gasteiger partial charge in [-0.2, -0.15) is 0 Å². The highest BCUT2D eigenvalue weighted by Gasteiger charge is 2.19. The number of rotatable bonds is 4. The average Bonchev–Trinajstić information content (AvgIpc) is 2.82. The minimum Gasteiger partial charge on any atom is -0.483 e. The van der Waals surface area contributed by atoms with Crippen LogP contribution < -0.4 is 4.74 Å². The summed E-state index contributed by atoms with van der Waals surface area (Å²) in [6.07, 6.45) is 3.16. The van der Waals surface area contributed by atoms with Crippen molar-refractivity contribution in [3.05, 3.63) is 59.1 Å². The predicted molar refractivity (Wildman–Crippen MR) is 87.4 cm³/mol. The molecule has 3 heterocycles. The lowest BCUT2D eigenvalue weighted by Crippen LogP contribution is -2.06. The van der Waals surface area contributed by atoms with Crippen LogP contribution in [-0.2, 0) is 6.61 Å². The van der Waals surface area contributed by atoms with Crippen molar-refractivity contribution in [1.29, 1.82) is 0 Å². The molecule has 0 radical (unpaired) electrons. The Morgan fingerprint density at radius 1 is 1.42 bits per heavy atom. The summed E-state index contributed by atoms with van der Waals surface area (Å²) >= 11 is 0. The van der Waals surface area contributed by atoms with Gasteiger partial charge in [-0.05, 0) is 37.6 Å². The van der Waals surface area contributed by atoms with Gasteiger partial charge in [-0.1, -0.05) is 0 Å². The summed E-state index contributed by atoms with van der Waals surface area (Å²) in [6, 6.07) is 4.54. The Kier molecular flexibility index (Phi) is 5.04. The van der Waals surface area contributed by atoms with Gasteiger partial charge < -0.3 is 9.84 Å². The molecule has 0 saturated carbocycles. The molecule has 0 unspecified atom stereocenters. The van der Waals surface area contributed by atoms with Crippen molar-refractivity contribution < 1.29 is 19.0 Å². The zero-order valence-electron chi connectivity index (χ0n) is 13.0. The quantitative estimate of drug-likeness (QED) is 0.781. The summed E-state index contributed by atoms with van der Waals surface area (Å²) < 4.78 is 20.7. The van der Waals surface area contributed by atoms with Crippen molar-refractivity contribution in [2.24, 2.45) is 0 Å². The fourth-order valence-electron chi connectivity index (χ4n) is 2.39. The second-order valence-electron chi connectivity index (χ2n) is 5.15. The van der Waals surface area contributed by atoms with E-state index in [-0.39, 0.29) is 30.4 Å². The van der Waals surface area contributed by atoms with Gasteiger partial charge in [-0.15, -0.1) is 12.4 Å². The van der Waals surface area contributed by atoms with Gasteiger partial charge in [0.05, 0.1) is 5.69 Å². The third kappa shape index (κ3) is 3.16. The number of ether oxygens (including phenoxy) is 1. The van der Waals surface area contributed by atoms with Crippen LogP contribution in [0, 0.1) is 19.7 Å². The van der Waals surface area contributed by atoms with E-state index in [2.05, 4.69) is 9.97 Å². The number of fused-ring (bicyclic) bond motifs is 1. The number of carbonyl (C=O) groups is 1. The van der Waals surface area contributed by atoms with Crippen molar-refractivity contribution in [3.8, 4) is 5.75 Å². The normalized spacial score (nSPS) is 10.5. The Balaban J connectivity index is 0.00000208. The molecular formula is C16H15ClFN3O3. The van der Waals surface area contributed by atoms with Crippen LogP contribution in [0.5, 0.6) is 5.75 Å². The van der Waals surface area contributed by atoms with Crippen molar-refractivity contribution in [2.45, 2.75) is 20.5 Å². The molecule has 0 amide bonds. The first-order valence-electron chi connectivity index (χ1n) is 6.92. The number of carboxylic acid groups (broad SMARTS) is 1. The molecule has 24 heavy (non-hydrogen) atoms. The van der Waals surface area contributed by atoms with Crippen molar-refractivity contribution in [1.82, 2.24) is 14.4 Å². The minimum absolute atomic E-state index is 0. The number of halogens is 2. The fraction of sp³-hybridized carbons (Fsp3) is 0.188. The van der Waals surface area contributed by atoms with E-state index in [0.717, 1.165) is 5.56 Å². The van der Waals surface area contributed by atoms with Gasteiger partial charge in [0.25, 0.3) is 0 Å². The Morgan fingerprint density at radius 2 is 2.17 bits per heavy atom. The first kappa shape index (κ1) is 17.7. The molecule has 6 nitrogen and oxygen atoms in total. The number of hydrogen-bond acceptors (Lipinski definition) is 4. The van der Waals surface area contributed by atoms with Crippen LogP contribution in [0.15, 0.2) is 30.6 Å². The zero-order chi connectivity index (χ0) is 16.6. The average molecular weight is 352 g/mol. The summed E-state index contributed by atoms with van der Waals surface area (Å²) in [5.74, 6) is -1.14. The monoisotopic (exact) mass is 351 g/mol. The highest BCUT2D eigenvalue weighted by molar-refractivity contribution is 5.88. The molecule has 0 bridgehead atoms. The van der Waals surface area contributed by atoms with E-state index in [9.17, 15) is 14.3 Å². The third-order valence-corrected chi connectivity index (χ3v) is 3.40. The van der Waals surface area contributed by atoms with Gasteiger partial charge in [0, 0.05) is 12.4 Å². The molecule has 0 aliphatic heterocycles. The topological polar surface area (TPSA) is 76.7 Å². The van der Waals surface area contributed by atoms with Crippen LogP contribution >= 0.6 is 12.4 Å². The number of aromatic nitrogens is 3. The molecule has 0 saturated heterocycles. The van der Waals surface area contributed by atoms with Crippen LogP contribution in [0.4, 0.5) is 4.39 Å². The molecule has 0 aliphatic rings. The van der Waals surface area contributed by atoms with E-state index < -0.39 is 11.8 Å². The molecule has 0 spiro atoms. The molecule has 8 heteroatoms. The van der Waals surface area contributed by atoms with Gasteiger partial charge in [-0.25, -0.2) is 14.2 Å². The summed E-state index contributed by atoms with van der Waals surface area (Å²) in [4.78, 5) is 19.6. The van der Waals surface area contributed by atoms with Gasteiger partial charge >= 0.3 is 5.97 Å². The fourth-order valence-corrected chi connectivity index (χ4v) is 2.39. The number of hydrogen-bond donors (Lipinski definition) is 1. The predicted octanol–water partition coefficient (Wildman–Crippen LogP) is 3.18. The number of aryl methyl sites for hydroxylation is 2. The Hall–Kier alpha value is -2.67. The number of imidazole rings is 1. The highest BCUT2D eigenvalue weighted by atomic mass is 35.5. The SMILES string of the molecule is Cc1cc(OCc2ncccc2F)c2nc(C)c(C(=O)O)n2c1.Cl. The van der Waals surface area contributed by atoms with E-state index in [0.29, 0.717) is 17.1 Å². The van der Waals surface area contributed by atoms with Crippen LogP contribution in [0.3, 0.4) is 0 Å². The van der Waals surface area contributed by atoms with Gasteiger partial charge in [0.1, 0.15) is 18.1 Å². The minimum atomic E-state index is -1.07. The number of carboxylic acids is 1. The maximum absolute atomic E-state index is 13.6. The van der Waals surface area contributed by atoms with Gasteiger partial charge in [0.15, 0.2) is 17.1 Å². The summed E-state index contributed by atoms with van der Waals surface area (Å²) in [5.41, 5.74) is 1.82. The maximum atomic E-state index is 13.6. The maximum Gasteiger partial charge on any atom is 0.354 e. The summed E-state index contributed by atoms with van der Waals surface area (Å²) in [6.45, 7) is 3.36. The van der Waals surface area contributed by atoms with Crippen molar-refractivity contribution in [3.63, 3.8) is 0 Å². The van der Waals surface area contributed by atoms with E-state index in [1.165, 1.54) is 22.7 Å². The molecule has 3 aromatic rings. The Labute approximate surface area is 143 Å². The van der Waals surface area contributed by atoms with E-state index >= 15 is 0 Å². The molecule has 0 atom stereocenters. The van der Waals surface area contributed by atoms with Gasteiger partial charge in [-0.3, -0.25) is 9.38 Å². The molecule has 3 rings (SSSR count). The molecule has 0 aromatic carbocycles. The second kappa shape index (κ2) is 6.84. The molecule has 0 fully saturated rings. The first-order valence-corrected chi connectivity index (χ1v) is 6.92. The Morgan fingerprint density at radius 3 is 2.83 bits per heavy atom. The standard InChI is InChI=1S/C16H14FN3O3.ClH/c1-9-6-13(23-8-12-11(17)4-3-5-18-12)15-19-10(2)14(16(21)22)20(15)7-9;/h3-7H,8H2,1-2H3,(H,21,22);1H. The van der Waals surface area contributed by atoms with E-state index in [1.54, 1.807) is 19.2 Å². The molecule has 1 N–H and O–H groups in total. The second-order valence-corrected chi connectivity index (χ2v) is 5.15. The van der Waals surface area contributed by atoms with Crippen molar-refractivity contribution in [2.75, 3.05) is 0 Å². The lowest BCUT2D eigenvalue weighted by atomic mass is 10.3. The van der Waals surface area contributed by atoms with Crippen molar-refractivity contribution >= 4 is 24.0 Å². The number of pyridine rings is 2. The van der Waals surface area contributed by atoms with Crippen LogP contribution in [0.1, 0.15) is 27.4 Å². The van der Waals surface area contributed by atoms with Gasteiger partial charge in [0.2, 0.25) is 0 Å².